The van der Waals surface area contributed by atoms with Crippen LogP contribution >= 0.6 is 0 Å². The fourth-order valence-corrected chi connectivity index (χ4v) is 7.81. The van der Waals surface area contributed by atoms with Gasteiger partial charge >= 0.3 is 0 Å². The summed E-state index contributed by atoms with van der Waals surface area (Å²) in [4.78, 5) is 0. The van der Waals surface area contributed by atoms with E-state index in [1.807, 2.05) is 0 Å². The first-order chi connectivity index (χ1) is 11.5. The second-order valence-electron chi connectivity index (χ2n) is 8.59. The Bertz CT molecular complexity index is 523. The largest absolute Gasteiger partial charge is 0.515 e. The van der Waals surface area contributed by atoms with Gasteiger partial charge in [-0.1, -0.05) is 34.6 Å². The quantitative estimate of drug-likeness (QED) is 0.294. The zero-order valence-corrected chi connectivity index (χ0v) is 21.4. The van der Waals surface area contributed by atoms with Gasteiger partial charge in [-0.15, -0.1) is 0 Å². The number of rotatable bonds is 6. The van der Waals surface area contributed by atoms with Crippen molar-refractivity contribution >= 4 is 8.32 Å². The molecule has 5 heteroatoms. The molecule has 2 aliphatic rings. The molecular weight excluding hydrogens is 420 g/mol. The van der Waals surface area contributed by atoms with E-state index in [9.17, 15) is 0 Å². The second-order valence-corrected chi connectivity index (χ2v) is 13.3. The van der Waals surface area contributed by atoms with E-state index < -0.39 is 19.7 Å². The summed E-state index contributed by atoms with van der Waals surface area (Å²) in [5.74, 6) is -0.656. The Hall–Kier alpha value is 0.460. The van der Waals surface area contributed by atoms with Crippen molar-refractivity contribution in [1.29, 1.82) is 0 Å². The average molecular weight is 457 g/mol. The summed E-state index contributed by atoms with van der Waals surface area (Å²) < 4.78 is 19.5. The zero-order chi connectivity index (χ0) is 19.1. The maximum atomic E-state index is 7.03. The van der Waals surface area contributed by atoms with Crippen LogP contribution in [0.4, 0.5) is 0 Å². The molecule has 0 radical (unpaired) electrons. The zero-order valence-electron chi connectivity index (χ0n) is 17.9. The third kappa shape index (κ3) is 3.94. The molecule has 3 unspecified atom stereocenters. The molecule has 0 N–H and O–H groups in total. The normalized spacial score (nSPS) is 36.5. The van der Waals surface area contributed by atoms with Gasteiger partial charge in [-0.2, -0.15) is 0 Å². The minimum atomic E-state index is -1.84. The molecular formula is C21H37O3SiZr-. The molecule has 1 fully saturated rings. The summed E-state index contributed by atoms with van der Waals surface area (Å²) in [6.07, 6.45) is 4.83. The van der Waals surface area contributed by atoms with E-state index in [4.69, 9.17) is 20.5 Å². The molecule has 0 aromatic carbocycles. The standard InChI is InChI=1S/C21H37O3Si.Zr/c1-10-21(24-25(11-2,12-3)13-4)16(5)14-20(15-19(21,8)9)22-17(6)18(7)23-20;/h1,10,14,17-18H,11-13,15H2,2-9H3;/q-1;. The van der Waals surface area contributed by atoms with Gasteiger partial charge in [0.15, 0.2) is 14.1 Å². The van der Waals surface area contributed by atoms with Gasteiger partial charge in [0.25, 0.3) is 0 Å². The third-order valence-electron chi connectivity index (χ3n) is 6.69. The summed E-state index contributed by atoms with van der Waals surface area (Å²) in [5, 5.41) is 0. The average Bonchev–Trinajstić information content (AvgIpc) is 2.81. The van der Waals surface area contributed by atoms with Crippen LogP contribution in [0.1, 0.15) is 61.8 Å². The van der Waals surface area contributed by atoms with Crippen LogP contribution in [0.15, 0.2) is 17.7 Å². The van der Waals surface area contributed by atoms with E-state index in [-0.39, 0.29) is 43.8 Å². The van der Waals surface area contributed by atoms with Gasteiger partial charge in [0, 0.05) is 38.0 Å². The van der Waals surface area contributed by atoms with Gasteiger partial charge in [-0.3, -0.25) is 0 Å². The van der Waals surface area contributed by atoms with Gasteiger partial charge in [0.1, 0.15) is 0 Å². The monoisotopic (exact) mass is 455 g/mol. The van der Waals surface area contributed by atoms with Crippen LogP contribution in [0, 0.1) is 12.0 Å². The second kappa shape index (κ2) is 8.45. The van der Waals surface area contributed by atoms with Crippen molar-refractivity contribution in [3.63, 3.8) is 0 Å². The van der Waals surface area contributed by atoms with Crippen molar-refractivity contribution in [3.8, 4) is 0 Å². The van der Waals surface area contributed by atoms with Gasteiger partial charge in [0.05, 0.1) is 17.8 Å². The van der Waals surface area contributed by atoms with Crippen molar-refractivity contribution in [2.24, 2.45) is 5.41 Å². The summed E-state index contributed by atoms with van der Waals surface area (Å²) in [7, 11) is -1.84. The number of ether oxygens (including phenoxy) is 2. The summed E-state index contributed by atoms with van der Waals surface area (Å²) >= 11 is 0. The first-order valence-corrected chi connectivity index (χ1v) is 12.4. The topological polar surface area (TPSA) is 27.7 Å². The Kier molecular flexibility index (Phi) is 7.96. The fourth-order valence-electron chi connectivity index (χ4n) is 4.69. The van der Waals surface area contributed by atoms with E-state index in [0.717, 1.165) is 30.1 Å². The maximum absolute atomic E-state index is 7.03. The van der Waals surface area contributed by atoms with Crippen LogP contribution in [-0.4, -0.2) is 31.9 Å². The van der Waals surface area contributed by atoms with Crippen molar-refractivity contribution in [3.05, 3.63) is 24.3 Å². The molecule has 3 atom stereocenters. The van der Waals surface area contributed by atoms with E-state index in [1.54, 1.807) is 6.08 Å². The van der Waals surface area contributed by atoms with E-state index in [0.29, 0.717) is 0 Å². The van der Waals surface area contributed by atoms with Crippen LogP contribution in [-0.2, 0) is 40.1 Å². The molecule has 1 aliphatic heterocycles. The van der Waals surface area contributed by atoms with Crippen LogP contribution in [0.3, 0.4) is 0 Å². The molecule has 3 nitrogen and oxygen atoms in total. The molecule has 1 saturated heterocycles. The fraction of sp³-hybridized carbons (Fsp3) is 0.810. The van der Waals surface area contributed by atoms with Crippen molar-refractivity contribution < 1.29 is 40.1 Å². The summed E-state index contributed by atoms with van der Waals surface area (Å²) in [6, 6.07) is 3.31. The van der Waals surface area contributed by atoms with Crippen LogP contribution in [0.5, 0.6) is 0 Å². The van der Waals surface area contributed by atoms with E-state index in [2.05, 4.69) is 61.5 Å². The van der Waals surface area contributed by atoms with Crippen molar-refractivity contribution in [2.75, 3.05) is 0 Å². The molecule has 0 bridgehead atoms. The maximum Gasteiger partial charge on any atom is 0.193 e. The Morgan fingerprint density at radius 2 is 1.62 bits per heavy atom. The molecule has 2 rings (SSSR count). The van der Waals surface area contributed by atoms with Gasteiger partial charge in [-0.05, 0) is 50.6 Å². The molecule has 0 amide bonds. The molecule has 1 heterocycles. The van der Waals surface area contributed by atoms with Crippen LogP contribution < -0.4 is 0 Å². The van der Waals surface area contributed by atoms with Crippen molar-refractivity contribution in [1.82, 2.24) is 0 Å². The van der Waals surface area contributed by atoms with Gasteiger partial charge in [0.2, 0.25) is 0 Å². The van der Waals surface area contributed by atoms with Gasteiger partial charge < -0.3 is 20.5 Å². The Morgan fingerprint density at radius 3 is 1.96 bits per heavy atom. The smallest absolute Gasteiger partial charge is 0.193 e. The Labute approximate surface area is 181 Å². The number of hydrogen-bond donors (Lipinski definition) is 0. The predicted octanol–water partition coefficient (Wildman–Crippen LogP) is 5.63. The van der Waals surface area contributed by atoms with Crippen LogP contribution in [0.25, 0.3) is 0 Å². The SMILES string of the molecule is [CH-]=CC1(O[Si](CC)(CC)CC)C(C)=CC2(CC1(C)C)OC(C)C(C)O2.[Zr]. The summed E-state index contributed by atoms with van der Waals surface area (Å²) in [6.45, 7) is 23.8. The predicted molar refractivity (Wildman–Crippen MR) is 106 cm³/mol. The first-order valence-electron chi connectivity index (χ1n) is 9.86. The van der Waals surface area contributed by atoms with Crippen LogP contribution in [0.2, 0.25) is 18.1 Å². The molecule has 0 aromatic rings. The minimum absolute atomic E-state index is 0. The molecule has 1 spiro atoms. The van der Waals surface area contributed by atoms with Crippen molar-refractivity contribution in [2.45, 2.75) is 104 Å². The molecule has 148 valence electrons. The first kappa shape index (κ1) is 24.5. The Balaban J connectivity index is 0.00000338. The molecule has 1 aliphatic carbocycles. The summed E-state index contributed by atoms with van der Waals surface area (Å²) in [5.41, 5.74) is 0.330. The molecule has 26 heavy (non-hydrogen) atoms. The van der Waals surface area contributed by atoms with E-state index >= 15 is 0 Å². The molecule has 0 saturated carbocycles. The van der Waals surface area contributed by atoms with Gasteiger partial charge in [-0.25, -0.2) is 6.08 Å². The number of hydrogen-bond acceptors (Lipinski definition) is 3. The molecule has 0 aromatic heterocycles. The Morgan fingerprint density at radius 1 is 1.15 bits per heavy atom. The minimum Gasteiger partial charge on any atom is -0.515 e. The van der Waals surface area contributed by atoms with E-state index in [1.165, 1.54) is 0 Å². The third-order valence-corrected chi connectivity index (χ3v) is 11.3.